The van der Waals surface area contributed by atoms with Gasteiger partial charge in [0.1, 0.15) is 11.2 Å². The molecule has 0 fully saturated rings. The highest BCUT2D eigenvalue weighted by atomic mass is 32.2. The van der Waals surface area contributed by atoms with Crippen LogP contribution in [0.25, 0.3) is 16.7 Å². The number of thioether (sulfide) groups is 1. The smallest absolute Gasteiger partial charge is 0.265 e. The Morgan fingerprint density at radius 3 is 2.79 bits per heavy atom. The molecule has 3 aromatic heterocycles. The maximum absolute atomic E-state index is 13.1. The maximum Gasteiger partial charge on any atom is 0.265 e. The van der Waals surface area contributed by atoms with Crippen molar-refractivity contribution in [2.45, 2.75) is 17.6 Å². The Hall–Kier alpha value is -3.46. The number of nitrogens with one attached hydrogen (secondary N) is 1. The number of benzene rings is 1. The average Bonchev–Trinajstić information content (AvgIpc) is 3.34. The van der Waals surface area contributed by atoms with Crippen LogP contribution >= 0.6 is 11.8 Å². The summed E-state index contributed by atoms with van der Waals surface area (Å²) in [5, 5.41) is 8.17. The standard InChI is InChI=1S/C20H16N6O2S/c27-17(23-16-8-4-5-9-21-16)10-14-12-29-20-24-18-15(19(28)25(14)20)11-22-26(18)13-6-2-1-3-7-13/h1-9,11,14H,10,12H2,(H,21,23,27)/t14-/m1/s1. The molecule has 29 heavy (non-hydrogen) atoms. The minimum atomic E-state index is -0.261. The van der Waals surface area contributed by atoms with E-state index >= 15 is 0 Å². The van der Waals surface area contributed by atoms with Crippen molar-refractivity contribution in [3.8, 4) is 5.69 Å². The zero-order valence-corrected chi connectivity index (χ0v) is 16.0. The second-order valence-corrected chi connectivity index (χ2v) is 7.62. The zero-order valence-electron chi connectivity index (χ0n) is 15.2. The summed E-state index contributed by atoms with van der Waals surface area (Å²) < 4.78 is 3.28. The summed E-state index contributed by atoms with van der Waals surface area (Å²) in [7, 11) is 0. The van der Waals surface area contributed by atoms with Gasteiger partial charge >= 0.3 is 0 Å². The Morgan fingerprint density at radius 1 is 1.17 bits per heavy atom. The fourth-order valence-corrected chi connectivity index (χ4v) is 4.51. The maximum atomic E-state index is 13.1. The first-order valence-electron chi connectivity index (χ1n) is 9.10. The lowest BCUT2D eigenvalue weighted by Gasteiger charge is -2.13. The molecule has 0 aliphatic carbocycles. The first kappa shape index (κ1) is 17.6. The van der Waals surface area contributed by atoms with E-state index in [-0.39, 0.29) is 23.9 Å². The molecular weight excluding hydrogens is 388 g/mol. The minimum Gasteiger partial charge on any atom is -0.311 e. The van der Waals surface area contributed by atoms with E-state index in [1.54, 1.807) is 39.8 Å². The van der Waals surface area contributed by atoms with Gasteiger partial charge in [0.25, 0.3) is 5.56 Å². The lowest BCUT2D eigenvalue weighted by atomic mass is 10.2. The van der Waals surface area contributed by atoms with Gasteiger partial charge in [-0.25, -0.2) is 14.6 Å². The van der Waals surface area contributed by atoms with Crippen molar-refractivity contribution >= 4 is 34.5 Å². The van der Waals surface area contributed by atoms with E-state index in [1.807, 2.05) is 30.3 Å². The van der Waals surface area contributed by atoms with Gasteiger partial charge in [0.05, 0.1) is 17.9 Å². The van der Waals surface area contributed by atoms with Crippen molar-refractivity contribution in [1.82, 2.24) is 24.3 Å². The van der Waals surface area contributed by atoms with E-state index in [1.165, 1.54) is 11.8 Å². The Bertz CT molecular complexity index is 1250. The molecule has 4 aromatic rings. The van der Waals surface area contributed by atoms with E-state index < -0.39 is 0 Å². The monoisotopic (exact) mass is 404 g/mol. The molecule has 8 nitrogen and oxygen atoms in total. The number of amides is 1. The summed E-state index contributed by atoms with van der Waals surface area (Å²) in [6, 6.07) is 14.6. The molecule has 0 saturated heterocycles. The van der Waals surface area contributed by atoms with Crippen LogP contribution in [-0.2, 0) is 4.79 Å². The van der Waals surface area contributed by atoms with Gasteiger partial charge in [0.2, 0.25) is 5.91 Å². The molecule has 1 amide bonds. The number of pyridine rings is 1. The Balaban J connectivity index is 1.46. The van der Waals surface area contributed by atoms with E-state index in [0.29, 0.717) is 27.8 Å². The number of aromatic nitrogens is 5. The van der Waals surface area contributed by atoms with Crippen LogP contribution in [0.3, 0.4) is 0 Å². The van der Waals surface area contributed by atoms with Crippen LogP contribution in [0, 0.1) is 0 Å². The number of hydrogen-bond donors (Lipinski definition) is 1. The molecule has 144 valence electrons. The van der Waals surface area contributed by atoms with Crippen LogP contribution in [0.2, 0.25) is 0 Å². The van der Waals surface area contributed by atoms with Crippen molar-refractivity contribution in [2.24, 2.45) is 0 Å². The molecule has 1 N–H and O–H groups in total. The number of anilines is 1. The molecular formula is C20H16N6O2S. The van der Waals surface area contributed by atoms with E-state index in [2.05, 4.69) is 20.4 Å². The van der Waals surface area contributed by atoms with Crippen LogP contribution in [0.4, 0.5) is 5.82 Å². The number of carbonyl (C=O) groups excluding carboxylic acids is 1. The van der Waals surface area contributed by atoms with Crippen molar-refractivity contribution in [3.05, 3.63) is 71.3 Å². The average molecular weight is 404 g/mol. The van der Waals surface area contributed by atoms with E-state index in [0.717, 1.165) is 5.69 Å². The fraction of sp³-hybridized carbons (Fsp3) is 0.150. The third-order valence-corrected chi connectivity index (χ3v) is 5.82. The van der Waals surface area contributed by atoms with Crippen LogP contribution in [-0.4, -0.2) is 36.0 Å². The van der Waals surface area contributed by atoms with Gasteiger partial charge in [-0.1, -0.05) is 36.0 Å². The number of hydrogen-bond acceptors (Lipinski definition) is 6. The molecule has 1 aliphatic rings. The summed E-state index contributed by atoms with van der Waals surface area (Å²) in [5.41, 5.74) is 1.19. The van der Waals surface area contributed by atoms with Gasteiger partial charge < -0.3 is 5.32 Å². The lowest BCUT2D eigenvalue weighted by molar-refractivity contribution is -0.116. The summed E-state index contributed by atoms with van der Waals surface area (Å²) >= 11 is 1.48. The van der Waals surface area contributed by atoms with Gasteiger partial charge in [-0.2, -0.15) is 5.10 Å². The number of nitrogens with zero attached hydrogens (tertiary/aromatic N) is 5. The third-order valence-electron chi connectivity index (χ3n) is 4.72. The minimum absolute atomic E-state index is 0.173. The summed E-state index contributed by atoms with van der Waals surface area (Å²) in [5.74, 6) is 0.922. The molecule has 4 heterocycles. The summed E-state index contributed by atoms with van der Waals surface area (Å²) in [4.78, 5) is 34.3. The van der Waals surface area contributed by atoms with Crippen LogP contribution in [0.1, 0.15) is 12.5 Å². The van der Waals surface area contributed by atoms with Gasteiger partial charge in [0, 0.05) is 18.4 Å². The van der Waals surface area contributed by atoms with Crippen molar-refractivity contribution in [3.63, 3.8) is 0 Å². The van der Waals surface area contributed by atoms with Gasteiger partial charge in [-0.3, -0.25) is 14.2 Å². The first-order valence-corrected chi connectivity index (χ1v) is 10.1. The fourth-order valence-electron chi connectivity index (χ4n) is 3.38. The predicted octanol–water partition coefficient (Wildman–Crippen LogP) is 2.65. The largest absolute Gasteiger partial charge is 0.311 e. The Labute approximate surface area is 169 Å². The topological polar surface area (TPSA) is 94.7 Å². The molecule has 9 heteroatoms. The predicted molar refractivity (Wildman–Crippen MR) is 110 cm³/mol. The molecule has 0 spiro atoms. The molecule has 5 rings (SSSR count). The molecule has 0 radical (unpaired) electrons. The molecule has 1 aromatic carbocycles. The summed E-state index contributed by atoms with van der Waals surface area (Å²) in [6.45, 7) is 0. The number of rotatable bonds is 4. The van der Waals surface area contributed by atoms with Crippen LogP contribution in [0.5, 0.6) is 0 Å². The SMILES string of the molecule is O=C(C[C@@H]1CSc2nc3c(cnn3-c3ccccc3)c(=O)n21)Nc1ccccn1. The van der Waals surface area contributed by atoms with Crippen molar-refractivity contribution < 1.29 is 4.79 Å². The number of fused-ring (bicyclic) bond motifs is 2. The third kappa shape index (κ3) is 3.19. The highest BCUT2D eigenvalue weighted by Gasteiger charge is 2.29. The number of para-hydroxylation sites is 1. The van der Waals surface area contributed by atoms with Gasteiger partial charge in [-0.15, -0.1) is 0 Å². The highest BCUT2D eigenvalue weighted by Crippen LogP contribution is 2.33. The molecule has 0 unspecified atom stereocenters. The molecule has 0 bridgehead atoms. The molecule has 1 atom stereocenters. The highest BCUT2D eigenvalue weighted by molar-refractivity contribution is 7.99. The zero-order chi connectivity index (χ0) is 19.8. The second kappa shape index (κ2) is 7.17. The molecule has 1 aliphatic heterocycles. The summed E-state index contributed by atoms with van der Waals surface area (Å²) in [6.07, 6.45) is 3.33. The van der Waals surface area contributed by atoms with Crippen molar-refractivity contribution in [1.29, 1.82) is 0 Å². The molecule has 0 saturated carbocycles. The lowest BCUT2D eigenvalue weighted by Crippen LogP contribution is -2.27. The van der Waals surface area contributed by atoms with Gasteiger partial charge in [0.15, 0.2) is 10.8 Å². The van der Waals surface area contributed by atoms with Crippen LogP contribution < -0.4 is 10.9 Å². The number of carbonyl (C=O) groups is 1. The van der Waals surface area contributed by atoms with Gasteiger partial charge in [-0.05, 0) is 24.3 Å². The first-order chi connectivity index (χ1) is 14.2. The Morgan fingerprint density at radius 2 is 2.00 bits per heavy atom. The van der Waals surface area contributed by atoms with Crippen LogP contribution in [0.15, 0.2) is 70.9 Å². The van der Waals surface area contributed by atoms with E-state index in [4.69, 9.17) is 0 Å². The van der Waals surface area contributed by atoms with E-state index in [9.17, 15) is 9.59 Å². The van der Waals surface area contributed by atoms with Crippen molar-refractivity contribution in [2.75, 3.05) is 11.1 Å². The Kier molecular flexibility index (Phi) is 4.36. The second-order valence-electron chi connectivity index (χ2n) is 6.63. The normalized spacial score (nSPS) is 15.4. The quantitative estimate of drug-likeness (QED) is 0.526.